The van der Waals surface area contributed by atoms with Gasteiger partial charge in [0.15, 0.2) is 0 Å². The molecule has 6 nitrogen and oxygen atoms in total. The van der Waals surface area contributed by atoms with Gasteiger partial charge in [-0.2, -0.15) is 0 Å². The third kappa shape index (κ3) is 5.11. The Labute approximate surface area is 151 Å². The van der Waals surface area contributed by atoms with Gasteiger partial charge in [0, 0.05) is 43.0 Å². The van der Waals surface area contributed by atoms with E-state index in [1.165, 1.54) is 11.3 Å². The van der Waals surface area contributed by atoms with E-state index in [0.29, 0.717) is 12.5 Å². The molecule has 0 saturated carbocycles. The fraction of sp³-hybridized carbons (Fsp3) is 0.389. The average Bonchev–Trinajstić information content (AvgIpc) is 3.14. The Balaban J connectivity index is 1.46. The summed E-state index contributed by atoms with van der Waals surface area (Å²) in [5.41, 5.74) is 0.871. The summed E-state index contributed by atoms with van der Waals surface area (Å²) in [6.45, 7) is 2.50. The monoisotopic (exact) mass is 358 g/mol. The lowest BCUT2D eigenvalue weighted by molar-refractivity contribution is -0.116. The summed E-state index contributed by atoms with van der Waals surface area (Å²) in [5, 5.41) is 13.9. The highest BCUT2D eigenvalue weighted by atomic mass is 32.1. The Morgan fingerprint density at radius 2 is 2.28 bits per heavy atom. The van der Waals surface area contributed by atoms with Crippen LogP contribution < -0.4 is 10.2 Å². The molecule has 0 bridgehead atoms. The van der Waals surface area contributed by atoms with E-state index in [2.05, 4.69) is 20.2 Å². The largest absolute Gasteiger partial charge is 0.392 e. The van der Waals surface area contributed by atoms with Crippen molar-refractivity contribution in [2.75, 3.05) is 24.5 Å². The molecular formula is C18H22N4O2S. The summed E-state index contributed by atoms with van der Waals surface area (Å²) in [5.74, 6) is 1.07. The van der Waals surface area contributed by atoms with Crippen LogP contribution in [0.4, 0.5) is 5.95 Å². The van der Waals surface area contributed by atoms with Crippen LogP contribution >= 0.6 is 11.3 Å². The molecule has 3 heterocycles. The van der Waals surface area contributed by atoms with Gasteiger partial charge in [0.1, 0.15) is 0 Å². The molecule has 1 aliphatic rings. The van der Waals surface area contributed by atoms with Gasteiger partial charge < -0.3 is 15.3 Å². The number of thiophene rings is 1. The van der Waals surface area contributed by atoms with Crippen molar-refractivity contribution >= 4 is 29.3 Å². The smallest absolute Gasteiger partial charge is 0.244 e. The molecular weight excluding hydrogens is 336 g/mol. The van der Waals surface area contributed by atoms with Crippen LogP contribution in [-0.2, 0) is 11.4 Å². The second kappa shape index (κ2) is 8.73. The molecule has 2 aromatic rings. The number of hydrogen-bond donors (Lipinski definition) is 2. The molecule has 1 saturated heterocycles. The normalized spacial score (nSPS) is 17.8. The van der Waals surface area contributed by atoms with Crippen molar-refractivity contribution in [3.05, 3.63) is 46.4 Å². The zero-order chi connectivity index (χ0) is 17.5. The van der Waals surface area contributed by atoms with Crippen LogP contribution in [0.5, 0.6) is 0 Å². The first-order valence-corrected chi connectivity index (χ1v) is 9.28. The number of amides is 1. The lowest BCUT2D eigenvalue weighted by Crippen LogP contribution is -2.41. The minimum absolute atomic E-state index is 0.0276. The highest BCUT2D eigenvalue weighted by Crippen LogP contribution is 2.19. The molecule has 0 radical (unpaired) electrons. The molecule has 1 fully saturated rings. The maximum Gasteiger partial charge on any atom is 0.244 e. The predicted octanol–water partition coefficient (Wildman–Crippen LogP) is 2.08. The maximum absolute atomic E-state index is 12.0. The standard InChI is InChI=1S/C18H22N4O2S/c23-12-15-9-16(25-13-15)4-5-17(24)21-10-14-3-1-8-22(11-14)18-19-6-2-7-20-18/h2,4-7,9,13-14,23H,1,3,8,10-12H2,(H,21,24)/b5-4+. The summed E-state index contributed by atoms with van der Waals surface area (Å²) in [6.07, 6.45) is 9.01. The van der Waals surface area contributed by atoms with Crippen LogP contribution in [0, 0.1) is 5.92 Å². The number of nitrogens with zero attached hydrogens (tertiary/aromatic N) is 3. The molecule has 25 heavy (non-hydrogen) atoms. The summed E-state index contributed by atoms with van der Waals surface area (Å²) in [6, 6.07) is 3.70. The summed E-state index contributed by atoms with van der Waals surface area (Å²) < 4.78 is 0. The Bertz CT molecular complexity index is 717. The molecule has 1 aliphatic heterocycles. The third-order valence-corrected chi connectivity index (χ3v) is 5.12. The van der Waals surface area contributed by atoms with Crippen LogP contribution in [-0.4, -0.2) is 40.6 Å². The van der Waals surface area contributed by atoms with E-state index >= 15 is 0 Å². The lowest BCUT2D eigenvalue weighted by Gasteiger charge is -2.32. The number of rotatable bonds is 6. The van der Waals surface area contributed by atoms with Crippen LogP contribution in [0.3, 0.4) is 0 Å². The minimum Gasteiger partial charge on any atom is -0.392 e. The molecule has 1 unspecified atom stereocenters. The first-order chi connectivity index (χ1) is 12.2. The van der Waals surface area contributed by atoms with E-state index in [1.54, 1.807) is 24.5 Å². The van der Waals surface area contributed by atoms with Crippen molar-refractivity contribution in [1.29, 1.82) is 0 Å². The maximum atomic E-state index is 12.0. The van der Waals surface area contributed by atoms with Crippen LogP contribution in [0.1, 0.15) is 23.3 Å². The van der Waals surface area contributed by atoms with E-state index < -0.39 is 0 Å². The van der Waals surface area contributed by atoms with Gasteiger partial charge in [0.05, 0.1) is 6.61 Å². The second-order valence-electron chi connectivity index (χ2n) is 6.10. The fourth-order valence-electron chi connectivity index (χ4n) is 2.89. The summed E-state index contributed by atoms with van der Waals surface area (Å²) in [4.78, 5) is 23.8. The van der Waals surface area contributed by atoms with E-state index in [9.17, 15) is 4.79 Å². The van der Waals surface area contributed by atoms with Gasteiger partial charge in [0.2, 0.25) is 11.9 Å². The molecule has 1 amide bonds. The Morgan fingerprint density at radius 1 is 1.44 bits per heavy atom. The van der Waals surface area contributed by atoms with Crippen LogP contribution in [0.25, 0.3) is 6.08 Å². The van der Waals surface area contributed by atoms with Gasteiger partial charge in [-0.1, -0.05) is 0 Å². The molecule has 2 aromatic heterocycles. The fourth-order valence-corrected chi connectivity index (χ4v) is 3.69. The Kier molecular flexibility index (Phi) is 6.14. The molecule has 2 N–H and O–H groups in total. The molecule has 1 atom stereocenters. The predicted molar refractivity (Wildman–Crippen MR) is 99.3 cm³/mol. The van der Waals surface area contributed by atoms with Gasteiger partial charge in [0.25, 0.3) is 0 Å². The molecule has 3 rings (SSSR count). The number of aliphatic hydroxyl groups excluding tert-OH is 1. The molecule has 7 heteroatoms. The van der Waals surface area contributed by atoms with E-state index in [-0.39, 0.29) is 12.5 Å². The number of piperidine rings is 1. The van der Waals surface area contributed by atoms with Gasteiger partial charge in [-0.05, 0) is 47.9 Å². The Hall–Kier alpha value is -2.25. The highest BCUT2D eigenvalue weighted by Gasteiger charge is 2.21. The minimum atomic E-state index is -0.0907. The number of aromatic nitrogens is 2. The van der Waals surface area contributed by atoms with Gasteiger partial charge >= 0.3 is 0 Å². The quantitative estimate of drug-likeness (QED) is 0.773. The van der Waals surface area contributed by atoms with Crippen molar-refractivity contribution < 1.29 is 9.90 Å². The van der Waals surface area contributed by atoms with Gasteiger partial charge in [-0.25, -0.2) is 9.97 Å². The van der Waals surface area contributed by atoms with Crippen molar-refractivity contribution in [3.63, 3.8) is 0 Å². The number of hydrogen-bond acceptors (Lipinski definition) is 6. The van der Waals surface area contributed by atoms with Crippen LogP contribution in [0.2, 0.25) is 0 Å². The highest BCUT2D eigenvalue weighted by molar-refractivity contribution is 7.11. The third-order valence-electron chi connectivity index (χ3n) is 4.17. The first kappa shape index (κ1) is 17.6. The van der Waals surface area contributed by atoms with Gasteiger partial charge in [-0.3, -0.25) is 4.79 Å². The molecule has 0 aliphatic carbocycles. The SMILES string of the molecule is O=C(/C=C/c1cc(CO)cs1)NCC1CCCN(c2ncccn2)C1. The van der Waals surface area contributed by atoms with Crippen LogP contribution in [0.15, 0.2) is 36.0 Å². The summed E-state index contributed by atoms with van der Waals surface area (Å²) in [7, 11) is 0. The van der Waals surface area contributed by atoms with Crippen molar-refractivity contribution in [2.45, 2.75) is 19.4 Å². The zero-order valence-electron chi connectivity index (χ0n) is 14.0. The number of carbonyl (C=O) groups excluding carboxylic acids is 1. The number of nitrogens with one attached hydrogen (secondary N) is 1. The molecule has 0 aromatic carbocycles. The topological polar surface area (TPSA) is 78.4 Å². The zero-order valence-corrected chi connectivity index (χ0v) is 14.8. The van der Waals surface area contributed by atoms with Crippen molar-refractivity contribution in [2.24, 2.45) is 5.92 Å². The number of aliphatic hydroxyl groups is 1. The number of carbonyl (C=O) groups is 1. The van der Waals surface area contributed by atoms with E-state index in [1.807, 2.05) is 17.5 Å². The Morgan fingerprint density at radius 3 is 3.04 bits per heavy atom. The lowest BCUT2D eigenvalue weighted by atomic mass is 9.98. The van der Waals surface area contributed by atoms with E-state index in [0.717, 1.165) is 42.3 Å². The van der Waals surface area contributed by atoms with Crippen molar-refractivity contribution in [3.8, 4) is 0 Å². The number of anilines is 1. The van der Waals surface area contributed by atoms with E-state index in [4.69, 9.17) is 5.11 Å². The average molecular weight is 358 g/mol. The summed E-state index contributed by atoms with van der Waals surface area (Å²) >= 11 is 1.51. The second-order valence-corrected chi connectivity index (χ2v) is 7.04. The van der Waals surface area contributed by atoms with Gasteiger partial charge in [-0.15, -0.1) is 11.3 Å². The molecule has 132 valence electrons. The van der Waals surface area contributed by atoms with Crippen molar-refractivity contribution in [1.82, 2.24) is 15.3 Å². The first-order valence-electron chi connectivity index (χ1n) is 8.41. The molecule has 0 spiro atoms.